The molecule has 0 aromatic rings. The number of thioether (sulfide) groups is 1. The van der Waals surface area contributed by atoms with Crippen LogP contribution in [0.1, 0.15) is 45.4 Å². The summed E-state index contributed by atoms with van der Waals surface area (Å²) in [6.07, 6.45) is 7.08. The van der Waals surface area contributed by atoms with Crippen LogP contribution in [0.4, 0.5) is 4.79 Å². The third-order valence-electron chi connectivity index (χ3n) is 4.02. The van der Waals surface area contributed by atoms with Gasteiger partial charge >= 0.3 is 6.03 Å². The lowest BCUT2D eigenvalue weighted by Gasteiger charge is -2.22. The Morgan fingerprint density at radius 3 is 2.95 bits per heavy atom. The molecule has 1 N–H and O–H groups in total. The fraction of sp³-hybridized carbons (Fsp3) is 0.933. The van der Waals surface area contributed by atoms with Crippen molar-refractivity contribution in [2.45, 2.75) is 56.8 Å². The molecule has 0 aromatic heterocycles. The number of nitrogens with zero attached hydrogens (tertiary/aromatic N) is 1. The molecule has 116 valence electrons. The summed E-state index contributed by atoms with van der Waals surface area (Å²) in [7, 11) is 0. The molecule has 0 saturated carbocycles. The van der Waals surface area contributed by atoms with Crippen molar-refractivity contribution in [3.8, 4) is 0 Å². The summed E-state index contributed by atoms with van der Waals surface area (Å²) in [5.41, 5.74) is 0. The lowest BCUT2D eigenvalue weighted by molar-refractivity contribution is 0.0445. The van der Waals surface area contributed by atoms with Crippen LogP contribution >= 0.6 is 11.8 Å². The molecule has 2 saturated heterocycles. The molecule has 20 heavy (non-hydrogen) atoms. The molecule has 0 unspecified atom stereocenters. The van der Waals surface area contributed by atoms with Gasteiger partial charge in [0.25, 0.3) is 0 Å². The average molecular weight is 300 g/mol. The fourth-order valence-electron chi connectivity index (χ4n) is 2.84. The van der Waals surface area contributed by atoms with Crippen molar-refractivity contribution < 1.29 is 9.53 Å². The first kappa shape index (κ1) is 16.0. The Morgan fingerprint density at radius 2 is 2.20 bits per heavy atom. The van der Waals surface area contributed by atoms with Gasteiger partial charge in [-0.3, -0.25) is 0 Å². The zero-order valence-corrected chi connectivity index (χ0v) is 13.4. The standard InChI is InChI=1S/C15H28N2O2S/c1-2-10-19-13-5-3-8-17(9-7-13)15(18)16-12-14-6-4-11-20-14/h13-14H,2-12H2,1H3,(H,16,18)/t13-,14-/m0/s1. The lowest BCUT2D eigenvalue weighted by atomic mass is 10.2. The maximum Gasteiger partial charge on any atom is 0.317 e. The first-order valence-corrected chi connectivity index (χ1v) is 9.10. The largest absolute Gasteiger partial charge is 0.378 e. The molecule has 2 atom stereocenters. The smallest absolute Gasteiger partial charge is 0.317 e. The third kappa shape index (κ3) is 5.17. The van der Waals surface area contributed by atoms with E-state index in [9.17, 15) is 4.79 Å². The van der Waals surface area contributed by atoms with Crippen LogP contribution in [0.2, 0.25) is 0 Å². The van der Waals surface area contributed by atoms with Crippen LogP contribution in [0, 0.1) is 0 Å². The van der Waals surface area contributed by atoms with Crippen LogP contribution in [-0.2, 0) is 4.74 Å². The maximum atomic E-state index is 12.2. The molecule has 5 heteroatoms. The lowest BCUT2D eigenvalue weighted by Crippen LogP contribution is -2.42. The van der Waals surface area contributed by atoms with Crippen LogP contribution in [0.3, 0.4) is 0 Å². The van der Waals surface area contributed by atoms with Crippen molar-refractivity contribution in [3.63, 3.8) is 0 Å². The van der Waals surface area contributed by atoms with Crippen LogP contribution in [-0.4, -0.2) is 54.3 Å². The Hall–Kier alpha value is -0.420. The van der Waals surface area contributed by atoms with Gasteiger partial charge in [0.1, 0.15) is 0 Å². The summed E-state index contributed by atoms with van der Waals surface area (Å²) in [6, 6.07) is 0.119. The second-order valence-electron chi connectivity index (χ2n) is 5.73. The van der Waals surface area contributed by atoms with E-state index < -0.39 is 0 Å². The van der Waals surface area contributed by atoms with Gasteiger partial charge in [-0.2, -0.15) is 11.8 Å². The number of urea groups is 1. The van der Waals surface area contributed by atoms with Gasteiger partial charge in [-0.25, -0.2) is 4.79 Å². The van der Waals surface area contributed by atoms with Gasteiger partial charge in [0.15, 0.2) is 0 Å². The molecule has 2 rings (SSSR count). The highest BCUT2D eigenvalue weighted by Gasteiger charge is 2.22. The highest BCUT2D eigenvalue weighted by molar-refractivity contribution is 8.00. The van der Waals surface area contributed by atoms with Crippen molar-refractivity contribution in [3.05, 3.63) is 0 Å². The highest BCUT2D eigenvalue weighted by Crippen LogP contribution is 2.25. The predicted molar refractivity (Wildman–Crippen MR) is 84.3 cm³/mol. The SMILES string of the molecule is CCCO[C@H]1CCCN(C(=O)NC[C@@H]2CCCS2)CC1. The van der Waals surface area contributed by atoms with E-state index in [2.05, 4.69) is 12.2 Å². The molecule has 0 bridgehead atoms. The molecular formula is C15H28N2O2S. The predicted octanol–water partition coefficient (Wildman–Crippen LogP) is 2.87. The maximum absolute atomic E-state index is 12.2. The first-order valence-electron chi connectivity index (χ1n) is 8.05. The van der Waals surface area contributed by atoms with Gasteiger partial charge in [-0.1, -0.05) is 6.92 Å². The molecule has 2 fully saturated rings. The van der Waals surface area contributed by atoms with Crippen molar-refractivity contribution in [1.29, 1.82) is 0 Å². The molecular weight excluding hydrogens is 272 g/mol. The Kier molecular flexibility index (Phi) is 7.00. The van der Waals surface area contributed by atoms with Crippen LogP contribution in [0.15, 0.2) is 0 Å². The number of ether oxygens (including phenoxy) is 1. The Balaban J connectivity index is 1.67. The zero-order chi connectivity index (χ0) is 14.2. The quantitative estimate of drug-likeness (QED) is 0.849. The number of carbonyl (C=O) groups excluding carboxylic acids is 1. The van der Waals surface area contributed by atoms with E-state index in [1.807, 2.05) is 16.7 Å². The Labute approximate surface area is 127 Å². The van der Waals surface area contributed by atoms with E-state index in [4.69, 9.17) is 4.74 Å². The van der Waals surface area contributed by atoms with Gasteiger partial charge in [0.05, 0.1) is 6.10 Å². The van der Waals surface area contributed by atoms with E-state index >= 15 is 0 Å². The summed E-state index contributed by atoms with van der Waals surface area (Å²) in [5.74, 6) is 1.25. The second kappa shape index (κ2) is 8.78. The Bertz CT molecular complexity index is 296. The topological polar surface area (TPSA) is 41.6 Å². The second-order valence-corrected chi connectivity index (χ2v) is 7.14. The molecule has 2 amide bonds. The monoisotopic (exact) mass is 300 g/mol. The molecule has 2 heterocycles. The molecule has 4 nitrogen and oxygen atoms in total. The number of amides is 2. The van der Waals surface area contributed by atoms with Crippen molar-refractivity contribution in [1.82, 2.24) is 10.2 Å². The number of likely N-dealkylation sites (tertiary alicyclic amines) is 1. The zero-order valence-electron chi connectivity index (χ0n) is 12.6. The summed E-state index contributed by atoms with van der Waals surface area (Å²) < 4.78 is 5.82. The molecule has 0 radical (unpaired) electrons. The number of hydrogen-bond acceptors (Lipinski definition) is 3. The number of nitrogens with one attached hydrogen (secondary N) is 1. The van der Waals surface area contributed by atoms with E-state index in [1.165, 1.54) is 18.6 Å². The fourth-order valence-corrected chi connectivity index (χ4v) is 4.04. The number of carbonyl (C=O) groups is 1. The third-order valence-corrected chi connectivity index (χ3v) is 5.42. The number of rotatable bonds is 5. The van der Waals surface area contributed by atoms with Gasteiger partial charge in [-0.05, 0) is 44.3 Å². The molecule has 0 spiro atoms. The molecule has 2 aliphatic rings. The van der Waals surface area contributed by atoms with Crippen molar-refractivity contribution >= 4 is 17.8 Å². The normalized spacial score (nSPS) is 27.4. The summed E-state index contributed by atoms with van der Waals surface area (Å²) in [5, 5.41) is 3.74. The number of hydrogen-bond donors (Lipinski definition) is 1. The highest BCUT2D eigenvalue weighted by atomic mass is 32.2. The van der Waals surface area contributed by atoms with Crippen molar-refractivity contribution in [2.24, 2.45) is 0 Å². The van der Waals surface area contributed by atoms with E-state index in [1.54, 1.807) is 0 Å². The minimum atomic E-state index is 0.119. The molecule has 0 aromatic carbocycles. The minimum absolute atomic E-state index is 0.119. The minimum Gasteiger partial charge on any atom is -0.378 e. The van der Waals surface area contributed by atoms with Gasteiger partial charge < -0.3 is 15.0 Å². The Morgan fingerprint density at radius 1 is 1.30 bits per heavy atom. The molecule has 0 aliphatic carbocycles. The van der Waals surface area contributed by atoms with Crippen LogP contribution in [0.25, 0.3) is 0 Å². The van der Waals surface area contributed by atoms with Gasteiger partial charge in [-0.15, -0.1) is 0 Å². The first-order chi connectivity index (χ1) is 9.79. The van der Waals surface area contributed by atoms with Crippen LogP contribution < -0.4 is 5.32 Å². The summed E-state index contributed by atoms with van der Waals surface area (Å²) in [4.78, 5) is 14.2. The summed E-state index contributed by atoms with van der Waals surface area (Å²) in [6.45, 7) is 5.51. The average Bonchev–Trinajstić information content (AvgIpc) is 2.87. The van der Waals surface area contributed by atoms with E-state index in [-0.39, 0.29) is 6.03 Å². The van der Waals surface area contributed by atoms with Gasteiger partial charge in [0.2, 0.25) is 0 Å². The summed E-state index contributed by atoms with van der Waals surface area (Å²) >= 11 is 1.99. The molecule has 2 aliphatic heterocycles. The van der Waals surface area contributed by atoms with E-state index in [0.29, 0.717) is 11.4 Å². The van der Waals surface area contributed by atoms with E-state index in [0.717, 1.165) is 51.9 Å². The van der Waals surface area contributed by atoms with Gasteiger partial charge in [0, 0.05) is 31.5 Å². The van der Waals surface area contributed by atoms with Crippen LogP contribution in [0.5, 0.6) is 0 Å². The van der Waals surface area contributed by atoms with Crippen molar-refractivity contribution in [2.75, 3.05) is 32.0 Å².